The first-order valence-electron chi connectivity index (χ1n) is 9.19. The molecule has 0 spiro atoms. The van der Waals surface area contributed by atoms with E-state index in [1.54, 1.807) is 0 Å². The monoisotopic (exact) mass is 339 g/mol. The Morgan fingerprint density at radius 1 is 0.885 bits per heavy atom. The van der Waals surface area contributed by atoms with Crippen LogP contribution in [0.3, 0.4) is 0 Å². The van der Waals surface area contributed by atoms with Crippen LogP contribution in [0.15, 0.2) is 85.0 Å². The van der Waals surface area contributed by atoms with Gasteiger partial charge in [0.05, 0.1) is 11.4 Å². The van der Waals surface area contributed by atoms with Crippen molar-refractivity contribution in [3.8, 4) is 22.4 Å². The van der Waals surface area contributed by atoms with Crippen molar-refractivity contribution in [2.24, 2.45) is 0 Å². The number of rotatable bonds is 5. The summed E-state index contributed by atoms with van der Waals surface area (Å²) in [5.41, 5.74) is 7.98. The highest BCUT2D eigenvalue weighted by Crippen LogP contribution is 2.29. The normalized spacial score (nSPS) is 11.9. The second kappa shape index (κ2) is 8.44. The zero-order valence-electron chi connectivity index (χ0n) is 15.7. The molecule has 1 heterocycles. The van der Waals surface area contributed by atoms with Crippen molar-refractivity contribution in [3.63, 3.8) is 0 Å². The maximum absolute atomic E-state index is 4.95. The zero-order chi connectivity index (χ0) is 18.4. The van der Waals surface area contributed by atoms with Crippen molar-refractivity contribution in [2.75, 3.05) is 0 Å². The van der Waals surface area contributed by atoms with Crippen LogP contribution in [-0.4, -0.2) is 4.98 Å². The van der Waals surface area contributed by atoms with Gasteiger partial charge in [-0.1, -0.05) is 85.3 Å². The second-order valence-corrected chi connectivity index (χ2v) is 6.41. The van der Waals surface area contributed by atoms with Crippen LogP contribution in [-0.2, 0) is 0 Å². The van der Waals surface area contributed by atoms with E-state index in [0.717, 1.165) is 28.9 Å². The fraction of sp³-hybridized carbons (Fsp3) is 0.160. The average molecular weight is 339 g/mol. The van der Waals surface area contributed by atoms with Gasteiger partial charge in [0, 0.05) is 5.56 Å². The van der Waals surface area contributed by atoms with Crippen LogP contribution in [0.1, 0.15) is 31.5 Å². The summed E-state index contributed by atoms with van der Waals surface area (Å²) >= 11 is 0. The van der Waals surface area contributed by atoms with E-state index in [2.05, 4.69) is 99.7 Å². The van der Waals surface area contributed by atoms with Gasteiger partial charge >= 0.3 is 0 Å². The molecule has 1 nitrogen and oxygen atoms in total. The molecule has 0 amide bonds. The molecule has 0 saturated heterocycles. The van der Waals surface area contributed by atoms with Crippen molar-refractivity contribution in [1.29, 1.82) is 0 Å². The molecule has 0 N–H and O–H groups in total. The van der Waals surface area contributed by atoms with E-state index >= 15 is 0 Å². The van der Waals surface area contributed by atoms with Gasteiger partial charge in [-0.3, -0.25) is 0 Å². The number of hydrogen-bond acceptors (Lipinski definition) is 1. The van der Waals surface area contributed by atoms with Crippen molar-refractivity contribution in [2.45, 2.75) is 27.2 Å². The Hall–Kier alpha value is -2.93. The summed E-state index contributed by atoms with van der Waals surface area (Å²) in [5.74, 6) is 0. The molecule has 1 heteroatoms. The number of aryl methyl sites for hydroxylation is 1. The number of aromatic nitrogens is 1. The molecule has 0 atom stereocenters. The van der Waals surface area contributed by atoms with E-state index in [-0.39, 0.29) is 0 Å². The van der Waals surface area contributed by atoms with E-state index in [9.17, 15) is 0 Å². The van der Waals surface area contributed by atoms with Gasteiger partial charge in [-0.2, -0.15) is 0 Å². The van der Waals surface area contributed by atoms with Crippen LogP contribution < -0.4 is 0 Å². The molecule has 26 heavy (non-hydrogen) atoms. The first kappa shape index (κ1) is 17.9. The molecule has 0 aliphatic heterocycles. The highest BCUT2D eigenvalue weighted by Gasteiger charge is 2.09. The topological polar surface area (TPSA) is 12.9 Å². The molecule has 3 aromatic rings. The van der Waals surface area contributed by atoms with E-state index in [1.165, 1.54) is 16.7 Å². The van der Waals surface area contributed by atoms with Crippen LogP contribution in [0.2, 0.25) is 0 Å². The minimum Gasteiger partial charge on any atom is -0.248 e. The summed E-state index contributed by atoms with van der Waals surface area (Å²) in [4.78, 5) is 4.95. The third-order valence-corrected chi connectivity index (χ3v) is 4.42. The van der Waals surface area contributed by atoms with E-state index in [1.807, 2.05) is 6.07 Å². The lowest BCUT2D eigenvalue weighted by molar-refractivity contribution is 1.22. The number of pyridine rings is 1. The van der Waals surface area contributed by atoms with E-state index in [0.29, 0.717) is 0 Å². The fourth-order valence-electron chi connectivity index (χ4n) is 2.92. The van der Waals surface area contributed by atoms with Crippen molar-refractivity contribution < 1.29 is 0 Å². The molecule has 3 rings (SSSR count). The quantitative estimate of drug-likeness (QED) is 0.452. The Kier molecular flexibility index (Phi) is 5.80. The summed E-state index contributed by atoms with van der Waals surface area (Å²) < 4.78 is 0. The van der Waals surface area contributed by atoms with Crippen LogP contribution >= 0.6 is 0 Å². The third-order valence-electron chi connectivity index (χ3n) is 4.42. The zero-order valence-corrected chi connectivity index (χ0v) is 15.7. The standard InChI is InChI=1S/C25H25N/c1-4-6-10-20(5-2)24-17-23(21-15-13-19(3)14-16-21)18-25(26-24)22-11-8-7-9-12-22/h5-18H,4H2,1-3H3/b10-6-,20-5+. The Balaban J connectivity index is 2.16. The molecule has 0 unspecified atom stereocenters. The molecular weight excluding hydrogens is 314 g/mol. The Morgan fingerprint density at radius 2 is 1.62 bits per heavy atom. The fourth-order valence-corrected chi connectivity index (χ4v) is 2.92. The van der Waals surface area contributed by atoms with Crippen molar-refractivity contribution in [3.05, 3.63) is 96.2 Å². The molecule has 130 valence electrons. The highest BCUT2D eigenvalue weighted by atomic mass is 14.7. The van der Waals surface area contributed by atoms with Gasteiger partial charge in [-0.25, -0.2) is 4.98 Å². The number of benzene rings is 2. The largest absolute Gasteiger partial charge is 0.248 e. The van der Waals surface area contributed by atoms with Crippen LogP contribution in [0, 0.1) is 6.92 Å². The minimum atomic E-state index is 1.00. The lowest BCUT2D eigenvalue weighted by Gasteiger charge is -2.11. The SMILES string of the molecule is C/C=C(\C=C/CC)c1cc(-c2ccc(C)cc2)cc(-c2ccccc2)n1. The van der Waals surface area contributed by atoms with Gasteiger partial charge in [-0.15, -0.1) is 0 Å². The lowest BCUT2D eigenvalue weighted by atomic mass is 9.99. The summed E-state index contributed by atoms with van der Waals surface area (Å²) in [7, 11) is 0. The molecule has 0 aliphatic carbocycles. The maximum atomic E-state index is 4.95. The summed E-state index contributed by atoms with van der Waals surface area (Å²) in [5, 5.41) is 0. The first-order valence-corrected chi connectivity index (χ1v) is 9.19. The second-order valence-electron chi connectivity index (χ2n) is 6.41. The molecule has 0 aliphatic rings. The molecule has 1 aromatic heterocycles. The number of allylic oxidation sites excluding steroid dienone is 4. The summed E-state index contributed by atoms with van der Waals surface area (Å²) in [6.45, 7) is 6.33. The predicted molar refractivity (Wildman–Crippen MR) is 113 cm³/mol. The lowest BCUT2D eigenvalue weighted by Crippen LogP contribution is -1.93. The Labute approximate surface area is 156 Å². The Morgan fingerprint density at radius 3 is 2.27 bits per heavy atom. The van der Waals surface area contributed by atoms with Crippen LogP contribution in [0.4, 0.5) is 0 Å². The van der Waals surface area contributed by atoms with Crippen LogP contribution in [0.5, 0.6) is 0 Å². The third kappa shape index (κ3) is 4.18. The Bertz CT molecular complexity index is 916. The summed E-state index contributed by atoms with van der Waals surface area (Å²) in [6, 6.07) is 23.4. The van der Waals surface area contributed by atoms with Crippen molar-refractivity contribution >= 4 is 5.57 Å². The molecule has 0 fully saturated rings. The summed E-state index contributed by atoms with van der Waals surface area (Å²) in [6.07, 6.45) is 7.48. The van der Waals surface area contributed by atoms with Gasteiger partial charge in [0.15, 0.2) is 0 Å². The van der Waals surface area contributed by atoms with E-state index < -0.39 is 0 Å². The minimum absolute atomic E-state index is 1.00. The maximum Gasteiger partial charge on any atom is 0.0715 e. The van der Waals surface area contributed by atoms with E-state index in [4.69, 9.17) is 4.98 Å². The smallest absolute Gasteiger partial charge is 0.0715 e. The molecular formula is C25H25N. The van der Waals surface area contributed by atoms with Gasteiger partial charge in [0.1, 0.15) is 0 Å². The molecule has 0 radical (unpaired) electrons. The van der Waals surface area contributed by atoms with Crippen molar-refractivity contribution in [1.82, 2.24) is 4.98 Å². The predicted octanol–water partition coefficient (Wildman–Crippen LogP) is 7.09. The average Bonchev–Trinajstić information content (AvgIpc) is 2.69. The van der Waals surface area contributed by atoms with Gasteiger partial charge in [0.2, 0.25) is 0 Å². The van der Waals surface area contributed by atoms with Gasteiger partial charge < -0.3 is 0 Å². The highest BCUT2D eigenvalue weighted by molar-refractivity contribution is 5.79. The van der Waals surface area contributed by atoms with Gasteiger partial charge in [0.25, 0.3) is 0 Å². The molecule has 2 aromatic carbocycles. The number of nitrogens with zero attached hydrogens (tertiary/aromatic N) is 1. The molecule has 0 saturated carbocycles. The van der Waals surface area contributed by atoms with Gasteiger partial charge in [-0.05, 0) is 49.1 Å². The van der Waals surface area contributed by atoms with Crippen LogP contribution in [0.25, 0.3) is 28.0 Å². The first-order chi connectivity index (χ1) is 12.7. The molecule has 0 bridgehead atoms. The number of hydrogen-bond donors (Lipinski definition) is 0.